The molecule has 0 radical (unpaired) electrons. The number of H-pyrrole nitrogens is 1. The fourth-order valence-electron chi connectivity index (χ4n) is 2.40. The molecule has 0 amide bonds. The molecule has 15 heavy (non-hydrogen) atoms. The molecule has 1 aliphatic rings. The maximum atomic E-state index is 3.54. The van der Waals surface area contributed by atoms with Crippen LogP contribution in [0.3, 0.4) is 0 Å². The normalized spacial score (nSPS) is 21.3. The van der Waals surface area contributed by atoms with Crippen molar-refractivity contribution in [1.82, 2.24) is 10.3 Å². The molecule has 3 rings (SSSR count). The SMILES string of the molecule is Cc1ccc2cc([C@@H]3CCNC3)[nH]c2c1. The van der Waals surface area contributed by atoms with E-state index in [9.17, 15) is 0 Å². The Hall–Kier alpha value is -1.28. The van der Waals surface area contributed by atoms with Crippen LogP contribution in [0.2, 0.25) is 0 Å². The van der Waals surface area contributed by atoms with Crippen LogP contribution in [0, 0.1) is 6.92 Å². The van der Waals surface area contributed by atoms with E-state index >= 15 is 0 Å². The summed E-state index contributed by atoms with van der Waals surface area (Å²) in [5.41, 5.74) is 3.98. The molecule has 0 unspecified atom stereocenters. The molecular formula is C13H16N2. The van der Waals surface area contributed by atoms with Crippen LogP contribution in [0.5, 0.6) is 0 Å². The van der Waals surface area contributed by atoms with Crippen molar-refractivity contribution in [3.63, 3.8) is 0 Å². The number of aryl methyl sites for hydroxylation is 1. The van der Waals surface area contributed by atoms with E-state index in [-0.39, 0.29) is 0 Å². The molecule has 2 heterocycles. The van der Waals surface area contributed by atoms with Gasteiger partial charge >= 0.3 is 0 Å². The van der Waals surface area contributed by atoms with Gasteiger partial charge in [0, 0.05) is 23.7 Å². The van der Waals surface area contributed by atoms with Gasteiger partial charge in [-0.3, -0.25) is 0 Å². The molecule has 2 aromatic rings. The molecule has 2 N–H and O–H groups in total. The van der Waals surface area contributed by atoms with E-state index in [0.29, 0.717) is 5.92 Å². The van der Waals surface area contributed by atoms with Crippen molar-refractivity contribution in [3.05, 3.63) is 35.5 Å². The van der Waals surface area contributed by atoms with Gasteiger partial charge in [0.15, 0.2) is 0 Å². The Morgan fingerprint density at radius 1 is 1.27 bits per heavy atom. The highest BCUT2D eigenvalue weighted by Crippen LogP contribution is 2.25. The Kier molecular flexibility index (Phi) is 2.03. The summed E-state index contributed by atoms with van der Waals surface area (Å²) >= 11 is 0. The van der Waals surface area contributed by atoms with E-state index < -0.39 is 0 Å². The highest BCUT2D eigenvalue weighted by molar-refractivity contribution is 5.81. The minimum Gasteiger partial charge on any atom is -0.358 e. The van der Waals surface area contributed by atoms with E-state index in [2.05, 4.69) is 41.5 Å². The van der Waals surface area contributed by atoms with Crippen molar-refractivity contribution in [1.29, 1.82) is 0 Å². The second kappa shape index (κ2) is 3.38. The minimum atomic E-state index is 0.678. The zero-order valence-electron chi connectivity index (χ0n) is 9.01. The maximum Gasteiger partial charge on any atom is 0.0458 e. The summed E-state index contributed by atoms with van der Waals surface area (Å²) in [5, 5.41) is 4.74. The van der Waals surface area contributed by atoms with Crippen LogP contribution in [-0.4, -0.2) is 18.1 Å². The van der Waals surface area contributed by atoms with Gasteiger partial charge in [0.1, 0.15) is 0 Å². The lowest BCUT2D eigenvalue weighted by atomic mass is 10.1. The average molecular weight is 200 g/mol. The first-order valence-corrected chi connectivity index (χ1v) is 5.63. The van der Waals surface area contributed by atoms with E-state index in [1.54, 1.807) is 0 Å². The number of benzene rings is 1. The summed E-state index contributed by atoms with van der Waals surface area (Å²) in [4.78, 5) is 3.54. The van der Waals surface area contributed by atoms with E-state index in [0.717, 1.165) is 13.1 Å². The maximum absolute atomic E-state index is 3.54. The molecule has 1 fully saturated rings. The number of hydrogen-bond donors (Lipinski definition) is 2. The molecule has 1 atom stereocenters. The standard InChI is InChI=1S/C13H16N2/c1-9-2-3-10-7-13(15-12(10)6-9)11-4-5-14-8-11/h2-3,6-7,11,14-15H,4-5,8H2,1H3/t11-/m1/s1. The largest absolute Gasteiger partial charge is 0.358 e. The van der Waals surface area contributed by atoms with Crippen molar-refractivity contribution in [2.24, 2.45) is 0 Å². The highest BCUT2D eigenvalue weighted by atomic mass is 14.9. The fraction of sp³-hybridized carbons (Fsp3) is 0.385. The molecule has 78 valence electrons. The lowest BCUT2D eigenvalue weighted by Gasteiger charge is -2.03. The molecule has 0 aliphatic carbocycles. The lowest BCUT2D eigenvalue weighted by Crippen LogP contribution is -2.07. The molecule has 1 aromatic carbocycles. The van der Waals surface area contributed by atoms with E-state index in [4.69, 9.17) is 0 Å². The summed E-state index contributed by atoms with van der Waals surface area (Å²) in [6, 6.07) is 8.90. The number of hydrogen-bond acceptors (Lipinski definition) is 1. The highest BCUT2D eigenvalue weighted by Gasteiger charge is 2.18. The third-order valence-electron chi connectivity index (χ3n) is 3.30. The van der Waals surface area contributed by atoms with Gasteiger partial charge < -0.3 is 10.3 Å². The van der Waals surface area contributed by atoms with Gasteiger partial charge in [0.2, 0.25) is 0 Å². The predicted octanol–water partition coefficient (Wildman–Crippen LogP) is 2.55. The number of fused-ring (bicyclic) bond motifs is 1. The van der Waals surface area contributed by atoms with Gasteiger partial charge in [-0.05, 0) is 43.0 Å². The van der Waals surface area contributed by atoms with Crippen LogP contribution in [0.4, 0.5) is 0 Å². The van der Waals surface area contributed by atoms with Gasteiger partial charge in [-0.15, -0.1) is 0 Å². The van der Waals surface area contributed by atoms with Crippen molar-refractivity contribution in [2.45, 2.75) is 19.3 Å². The molecule has 1 saturated heterocycles. The first-order chi connectivity index (χ1) is 7.33. The second-order valence-corrected chi connectivity index (χ2v) is 4.51. The van der Waals surface area contributed by atoms with Crippen LogP contribution in [-0.2, 0) is 0 Å². The van der Waals surface area contributed by atoms with E-state index in [1.807, 2.05) is 0 Å². The van der Waals surface area contributed by atoms with Gasteiger partial charge in [0.05, 0.1) is 0 Å². The summed E-state index contributed by atoms with van der Waals surface area (Å²) in [6.45, 7) is 4.40. The van der Waals surface area contributed by atoms with Crippen molar-refractivity contribution in [2.75, 3.05) is 13.1 Å². The first kappa shape index (κ1) is 8.98. The van der Waals surface area contributed by atoms with Crippen LogP contribution >= 0.6 is 0 Å². The number of aromatic nitrogens is 1. The summed E-state index contributed by atoms with van der Waals surface area (Å²) < 4.78 is 0. The van der Waals surface area contributed by atoms with Crippen molar-refractivity contribution >= 4 is 10.9 Å². The predicted molar refractivity (Wildman–Crippen MR) is 63.3 cm³/mol. The summed E-state index contributed by atoms with van der Waals surface area (Å²) in [5.74, 6) is 0.678. The number of rotatable bonds is 1. The average Bonchev–Trinajstić information content (AvgIpc) is 2.84. The van der Waals surface area contributed by atoms with Crippen LogP contribution in [0.1, 0.15) is 23.6 Å². The third-order valence-corrected chi connectivity index (χ3v) is 3.30. The Morgan fingerprint density at radius 2 is 2.20 bits per heavy atom. The minimum absolute atomic E-state index is 0.678. The molecule has 2 nitrogen and oxygen atoms in total. The molecule has 2 heteroatoms. The van der Waals surface area contributed by atoms with Gasteiger partial charge in [-0.25, -0.2) is 0 Å². The molecule has 1 aromatic heterocycles. The zero-order chi connectivity index (χ0) is 10.3. The smallest absolute Gasteiger partial charge is 0.0458 e. The van der Waals surface area contributed by atoms with Gasteiger partial charge in [-0.1, -0.05) is 12.1 Å². The third kappa shape index (κ3) is 1.55. The zero-order valence-corrected chi connectivity index (χ0v) is 9.01. The lowest BCUT2D eigenvalue weighted by molar-refractivity contribution is 0.743. The number of nitrogens with one attached hydrogen (secondary N) is 2. The summed E-state index contributed by atoms with van der Waals surface area (Å²) in [6.07, 6.45) is 1.26. The molecule has 1 aliphatic heterocycles. The monoisotopic (exact) mass is 200 g/mol. The van der Waals surface area contributed by atoms with Crippen LogP contribution in [0.25, 0.3) is 10.9 Å². The molecule has 0 spiro atoms. The van der Waals surface area contributed by atoms with Gasteiger partial charge in [-0.2, -0.15) is 0 Å². The first-order valence-electron chi connectivity index (χ1n) is 5.63. The van der Waals surface area contributed by atoms with Crippen molar-refractivity contribution in [3.8, 4) is 0 Å². The Labute approximate surface area is 89.7 Å². The topological polar surface area (TPSA) is 27.8 Å². The second-order valence-electron chi connectivity index (χ2n) is 4.51. The molecule has 0 bridgehead atoms. The summed E-state index contributed by atoms with van der Waals surface area (Å²) in [7, 11) is 0. The van der Waals surface area contributed by atoms with Crippen LogP contribution in [0.15, 0.2) is 24.3 Å². The molecular weight excluding hydrogens is 184 g/mol. The van der Waals surface area contributed by atoms with E-state index in [1.165, 1.54) is 28.6 Å². The molecule has 0 saturated carbocycles. The Balaban J connectivity index is 2.05. The Bertz CT molecular complexity index is 478. The quantitative estimate of drug-likeness (QED) is 0.727. The number of aromatic amines is 1. The van der Waals surface area contributed by atoms with Crippen molar-refractivity contribution < 1.29 is 0 Å². The Morgan fingerprint density at radius 3 is 3.00 bits per heavy atom. The van der Waals surface area contributed by atoms with Crippen LogP contribution < -0.4 is 5.32 Å². The fourth-order valence-corrected chi connectivity index (χ4v) is 2.40. The van der Waals surface area contributed by atoms with Gasteiger partial charge in [0.25, 0.3) is 0 Å².